The molecule has 0 unspecified atom stereocenters. The first-order valence-corrected chi connectivity index (χ1v) is 8.51. The summed E-state index contributed by atoms with van der Waals surface area (Å²) in [6, 6.07) is 6.48. The molecule has 1 heterocycles. The first-order valence-electron chi connectivity index (χ1n) is 8.51. The molecule has 0 aromatic heterocycles. The standard InChI is InChI=1S/C18H23N3O5/c1-3-26-18(25)21-10-8-20(9-11-21)17(24)12-16(23)19-15-6-4-14(5-7-15)13(2)22/h4-7H,3,8-12H2,1-2H3,(H,19,23). The van der Waals surface area contributed by atoms with Crippen molar-refractivity contribution in [3.8, 4) is 0 Å². The third kappa shape index (κ3) is 5.30. The number of carbonyl (C=O) groups is 4. The Morgan fingerprint density at radius 3 is 2.12 bits per heavy atom. The van der Waals surface area contributed by atoms with Crippen molar-refractivity contribution in [3.63, 3.8) is 0 Å². The fourth-order valence-electron chi connectivity index (χ4n) is 2.60. The fraction of sp³-hybridized carbons (Fsp3) is 0.444. The second-order valence-corrected chi connectivity index (χ2v) is 5.93. The van der Waals surface area contributed by atoms with Gasteiger partial charge in [-0.05, 0) is 38.1 Å². The van der Waals surface area contributed by atoms with Crippen LogP contribution in [0.5, 0.6) is 0 Å². The quantitative estimate of drug-likeness (QED) is 0.634. The number of hydrogen-bond donors (Lipinski definition) is 1. The maximum atomic E-state index is 12.2. The van der Waals surface area contributed by atoms with E-state index in [-0.39, 0.29) is 24.2 Å². The summed E-state index contributed by atoms with van der Waals surface area (Å²) in [7, 11) is 0. The zero-order valence-corrected chi connectivity index (χ0v) is 15.0. The van der Waals surface area contributed by atoms with E-state index in [1.54, 1.807) is 41.0 Å². The summed E-state index contributed by atoms with van der Waals surface area (Å²) in [4.78, 5) is 50.2. The molecule has 0 aliphatic carbocycles. The van der Waals surface area contributed by atoms with Gasteiger partial charge >= 0.3 is 6.09 Å². The second-order valence-electron chi connectivity index (χ2n) is 5.93. The zero-order chi connectivity index (χ0) is 19.1. The van der Waals surface area contributed by atoms with Gasteiger partial charge in [-0.15, -0.1) is 0 Å². The average Bonchev–Trinajstić information content (AvgIpc) is 2.62. The lowest BCUT2D eigenvalue weighted by Gasteiger charge is -2.34. The van der Waals surface area contributed by atoms with Gasteiger partial charge in [-0.1, -0.05) is 0 Å². The highest BCUT2D eigenvalue weighted by Crippen LogP contribution is 2.11. The van der Waals surface area contributed by atoms with Crippen molar-refractivity contribution in [1.29, 1.82) is 0 Å². The topological polar surface area (TPSA) is 96.0 Å². The molecule has 1 aromatic carbocycles. The van der Waals surface area contributed by atoms with Crippen molar-refractivity contribution < 1.29 is 23.9 Å². The normalized spacial score (nSPS) is 13.9. The van der Waals surface area contributed by atoms with E-state index in [4.69, 9.17) is 4.74 Å². The molecule has 0 bridgehead atoms. The van der Waals surface area contributed by atoms with E-state index >= 15 is 0 Å². The molecular formula is C18H23N3O5. The monoisotopic (exact) mass is 361 g/mol. The molecule has 1 N–H and O–H groups in total. The molecule has 1 fully saturated rings. The third-order valence-corrected chi connectivity index (χ3v) is 4.05. The highest BCUT2D eigenvalue weighted by atomic mass is 16.6. The predicted octanol–water partition coefficient (Wildman–Crippen LogP) is 1.52. The van der Waals surface area contributed by atoms with Crippen LogP contribution in [0, 0.1) is 0 Å². The summed E-state index contributed by atoms with van der Waals surface area (Å²) in [5.41, 5.74) is 1.08. The highest BCUT2D eigenvalue weighted by Gasteiger charge is 2.25. The summed E-state index contributed by atoms with van der Waals surface area (Å²) >= 11 is 0. The number of ether oxygens (including phenoxy) is 1. The number of Topliss-reactive ketones (excluding diaryl/α,β-unsaturated/α-hetero) is 1. The lowest BCUT2D eigenvalue weighted by molar-refractivity contribution is -0.135. The van der Waals surface area contributed by atoms with Crippen LogP contribution in [-0.2, 0) is 14.3 Å². The minimum atomic E-state index is -0.418. The Bertz CT molecular complexity index is 679. The lowest BCUT2D eigenvalue weighted by Crippen LogP contribution is -2.51. The summed E-state index contributed by atoms with van der Waals surface area (Å²) in [5, 5.41) is 2.64. The molecule has 1 aliphatic heterocycles. The van der Waals surface area contributed by atoms with Gasteiger partial charge < -0.3 is 19.9 Å². The first-order chi connectivity index (χ1) is 12.4. The van der Waals surface area contributed by atoms with Crippen LogP contribution in [0.15, 0.2) is 24.3 Å². The highest BCUT2D eigenvalue weighted by molar-refractivity contribution is 6.04. The van der Waals surface area contributed by atoms with Crippen molar-refractivity contribution in [2.24, 2.45) is 0 Å². The Kier molecular flexibility index (Phi) is 6.71. The van der Waals surface area contributed by atoms with Gasteiger partial charge in [0.2, 0.25) is 11.8 Å². The Morgan fingerprint density at radius 2 is 1.58 bits per heavy atom. The maximum absolute atomic E-state index is 12.2. The minimum Gasteiger partial charge on any atom is -0.450 e. The van der Waals surface area contributed by atoms with Gasteiger partial charge in [-0.3, -0.25) is 14.4 Å². The molecule has 140 valence electrons. The van der Waals surface area contributed by atoms with Gasteiger partial charge in [0.15, 0.2) is 5.78 Å². The molecule has 8 heteroatoms. The van der Waals surface area contributed by atoms with Crippen molar-refractivity contribution in [3.05, 3.63) is 29.8 Å². The number of nitrogens with one attached hydrogen (secondary N) is 1. The minimum absolute atomic E-state index is 0.0555. The van der Waals surface area contributed by atoms with Crippen LogP contribution in [0.3, 0.4) is 0 Å². The molecule has 0 spiro atoms. The Hall–Kier alpha value is -2.90. The SMILES string of the molecule is CCOC(=O)N1CCN(C(=O)CC(=O)Nc2ccc(C(C)=O)cc2)CC1. The van der Waals surface area contributed by atoms with Gasteiger partial charge in [0.05, 0.1) is 6.61 Å². The smallest absolute Gasteiger partial charge is 0.409 e. The summed E-state index contributed by atoms with van der Waals surface area (Å²) in [6.45, 7) is 5.04. The van der Waals surface area contributed by atoms with Crippen LogP contribution in [0.1, 0.15) is 30.6 Å². The summed E-state index contributed by atoms with van der Waals surface area (Å²) < 4.78 is 4.93. The number of nitrogens with zero attached hydrogens (tertiary/aromatic N) is 2. The van der Waals surface area contributed by atoms with Gasteiger partial charge in [-0.25, -0.2) is 4.79 Å². The molecule has 1 saturated heterocycles. The largest absolute Gasteiger partial charge is 0.450 e. The predicted molar refractivity (Wildman–Crippen MR) is 94.9 cm³/mol. The number of hydrogen-bond acceptors (Lipinski definition) is 5. The van der Waals surface area contributed by atoms with Crippen LogP contribution in [0.25, 0.3) is 0 Å². The molecule has 0 radical (unpaired) electrons. The molecule has 8 nitrogen and oxygen atoms in total. The van der Waals surface area contributed by atoms with E-state index in [9.17, 15) is 19.2 Å². The number of ketones is 1. The van der Waals surface area contributed by atoms with Gasteiger partial charge in [0.1, 0.15) is 6.42 Å². The molecule has 1 aromatic rings. The second kappa shape index (κ2) is 8.98. The third-order valence-electron chi connectivity index (χ3n) is 4.05. The summed E-state index contributed by atoms with van der Waals surface area (Å²) in [5.74, 6) is -0.759. The molecule has 26 heavy (non-hydrogen) atoms. The fourth-order valence-corrected chi connectivity index (χ4v) is 2.60. The molecule has 0 saturated carbocycles. The van der Waals surface area contributed by atoms with Crippen molar-refractivity contribution in [1.82, 2.24) is 9.80 Å². The van der Waals surface area contributed by atoms with Crippen molar-refractivity contribution in [2.75, 3.05) is 38.1 Å². The number of piperazine rings is 1. The van der Waals surface area contributed by atoms with E-state index in [1.807, 2.05) is 0 Å². The van der Waals surface area contributed by atoms with E-state index in [2.05, 4.69) is 5.32 Å². The molecule has 0 atom stereocenters. The molecular weight excluding hydrogens is 338 g/mol. The summed E-state index contributed by atoms with van der Waals surface area (Å²) in [6.07, 6.45) is -0.653. The van der Waals surface area contributed by atoms with Gasteiger partial charge in [0.25, 0.3) is 0 Å². The number of amides is 3. The first kappa shape index (κ1) is 19.4. The van der Waals surface area contributed by atoms with Gasteiger partial charge in [0, 0.05) is 37.4 Å². The molecule has 1 aliphatic rings. The van der Waals surface area contributed by atoms with E-state index in [0.717, 1.165) is 0 Å². The number of carbonyl (C=O) groups excluding carboxylic acids is 4. The van der Waals surface area contributed by atoms with Crippen molar-refractivity contribution >= 4 is 29.4 Å². The van der Waals surface area contributed by atoms with Crippen LogP contribution in [0.2, 0.25) is 0 Å². The zero-order valence-electron chi connectivity index (χ0n) is 15.0. The Balaban J connectivity index is 1.79. The maximum Gasteiger partial charge on any atom is 0.409 e. The molecule has 3 amide bonds. The van der Waals surface area contributed by atoms with E-state index < -0.39 is 5.91 Å². The van der Waals surface area contributed by atoms with Crippen LogP contribution < -0.4 is 5.32 Å². The van der Waals surface area contributed by atoms with Crippen LogP contribution in [-0.4, -0.2) is 66.3 Å². The number of benzene rings is 1. The Morgan fingerprint density at radius 1 is 1.00 bits per heavy atom. The molecule has 2 rings (SSSR count). The average molecular weight is 361 g/mol. The van der Waals surface area contributed by atoms with Crippen LogP contribution >= 0.6 is 0 Å². The number of anilines is 1. The lowest BCUT2D eigenvalue weighted by atomic mass is 10.1. The van der Waals surface area contributed by atoms with E-state index in [1.165, 1.54) is 6.92 Å². The Labute approximate surface area is 152 Å². The van der Waals surface area contributed by atoms with Crippen LogP contribution in [0.4, 0.5) is 10.5 Å². The van der Waals surface area contributed by atoms with Gasteiger partial charge in [-0.2, -0.15) is 0 Å². The van der Waals surface area contributed by atoms with E-state index in [0.29, 0.717) is 44.0 Å². The number of rotatable bonds is 5. The van der Waals surface area contributed by atoms with Crippen molar-refractivity contribution in [2.45, 2.75) is 20.3 Å².